The molecule has 0 saturated carbocycles. The first kappa shape index (κ1) is 18.9. The van der Waals surface area contributed by atoms with Crippen molar-refractivity contribution >= 4 is 18.7 Å². The van der Waals surface area contributed by atoms with Gasteiger partial charge in [0.05, 0.1) is 0 Å². The maximum atomic E-state index is 12.2. The minimum absolute atomic E-state index is 0. The summed E-state index contributed by atoms with van der Waals surface area (Å²) in [6.07, 6.45) is 1.94. The topological polar surface area (TPSA) is 3.24 Å². The van der Waals surface area contributed by atoms with E-state index in [0.29, 0.717) is 0 Å². The van der Waals surface area contributed by atoms with Crippen molar-refractivity contribution in [3.8, 4) is 0 Å². The first-order valence-corrected chi connectivity index (χ1v) is 5.75. The number of hydrogen-bond donors (Lipinski definition) is 0. The zero-order valence-electron chi connectivity index (χ0n) is 9.77. The van der Waals surface area contributed by atoms with Crippen molar-refractivity contribution in [1.29, 1.82) is 0 Å². The van der Waals surface area contributed by atoms with Gasteiger partial charge in [0.1, 0.15) is 0 Å². The van der Waals surface area contributed by atoms with Gasteiger partial charge in [0, 0.05) is 11.8 Å². The standard InChI is InChI=1S/C8H16BF3NS.K/c1-7(9(10,11)12)5-13(3)8(2)6-14-4;/h8H,1,5-6H2,2-4H3;/q-1;+1. The third kappa shape index (κ3) is 8.29. The van der Waals surface area contributed by atoms with Gasteiger partial charge in [-0.25, -0.2) is 0 Å². The first-order valence-electron chi connectivity index (χ1n) is 4.35. The molecule has 0 spiro atoms. The number of hydrogen-bond acceptors (Lipinski definition) is 2. The van der Waals surface area contributed by atoms with Crippen molar-refractivity contribution in [2.45, 2.75) is 13.0 Å². The van der Waals surface area contributed by atoms with Gasteiger partial charge in [0.2, 0.25) is 0 Å². The Morgan fingerprint density at radius 1 is 1.47 bits per heavy atom. The molecule has 0 aliphatic carbocycles. The number of thioether (sulfide) groups is 1. The van der Waals surface area contributed by atoms with E-state index >= 15 is 0 Å². The van der Waals surface area contributed by atoms with Crippen molar-refractivity contribution < 1.29 is 64.3 Å². The molecule has 0 aromatic carbocycles. The van der Waals surface area contributed by atoms with E-state index in [1.165, 1.54) is 0 Å². The molecule has 0 aromatic rings. The Kier molecular flexibility index (Phi) is 10.8. The van der Waals surface area contributed by atoms with E-state index in [9.17, 15) is 12.9 Å². The van der Waals surface area contributed by atoms with Crippen LogP contribution in [0.15, 0.2) is 12.1 Å². The molecule has 0 saturated heterocycles. The predicted octanol–water partition coefficient (Wildman–Crippen LogP) is -0.384. The summed E-state index contributed by atoms with van der Waals surface area (Å²) < 4.78 is 36.6. The van der Waals surface area contributed by atoms with Crippen molar-refractivity contribution in [2.75, 3.05) is 25.6 Å². The van der Waals surface area contributed by atoms with Crippen LogP contribution in [-0.2, 0) is 0 Å². The Bertz CT molecular complexity index is 201. The van der Waals surface area contributed by atoms with Crippen LogP contribution in [0.2, 0.25) is 0 Å². The minimum Gasteiger partial charge on any atom is -0.445 e. The van der Waals surface area contributed by atoms with E-state index in [-0.39, 0.29) is 64.0 Å². The van der Waals surface area contributed by atoms with Crippen LogP contribution in [0.3, 0.4) is 0 Å². The van der Waals surface area contributed by atoms with E-state index in [0.717, 1.165) is 5.75 Å². The fourth-order valence-electron chi connectivity index (χ4n) is 0.948. The monoisotopic (exact) mass is 265 g/mol. The van der Waals surface area contributed by atoms with E-state index in [1.54, 1.807) is 23.7 Å². The normalized spacial score (nSPS) is 13.5. The summed E-state index contributed by atoms with van der Waals surface area (Å²) in [4.78, 5) is 1.67. The molecule has 7 heteroatoms. The molecule has 0 radical (unpaired) electrons. The van der Waals surface area contributed by atoms with E-state index in [2.05, 4.69) is 6.58 Å². The van der Waals surface area contributed by atoms with Crippen LogP contribution >= 0.6 is 11.8 Å². The number of nitrogens with zero attached hydrogens (tertiary/aromatic N) is 1. The summed E-state index contributed by atoms with van der Waals surface area (Å²) in [5.41, 5.74) is -0.625. The largest absolute Gasteiger partial charge is 1.00 e. The van der Waals surface area contributed by atoms with Crippen LogP contribution < -0.4 is 51.4 Å². The summed E-state index contributed by atoms with van der Waals surface area (Å²) in [6.45, 7) is -0.00397. The average molecular weight is 265 g/mol. The van der Waals surface area contributed by atoms with Gasteiger partial charge >= 0.3 is 58.4 Å². The Hall–Kier alpha value is 1.54. The van der Waals surface area contributed by atoms with Gasteiger partial charge < -0.3 is 17.8 Å². The van der Waals surface area contributed by atoms with Crippen molar-refractivity contribution in [1.82, 2.24) is 4.90 Å². The molecule has 0 heterocycles. The molecule has 0 rings (SSSR count). The Labute approximate surface area is 137 Å². The van der Waals surface area contributed by atoms with Crippen LogP contribution in [0.25, 0.3) is 0 Å². The molecule has 0 aliphatic heterocycles. The zero-order valence-corrected chi connectivity index (χ0v) is 13.7. The predicted molar refractivity (Wildman–Crippen MR) is 58.7 cm³/mol. The van der Waals surface area contributed by atoms with Gasteiger partial charge in [-0.1, -0.05) is 0 Å². The molecule has 0 fully saturated rings. The Morgan fingerprint density at radius 2 is 1.93 bits per heavy atom. The summed E-state index contributed by atoms with van der Waals surface area (Å²) >= 11 is 1.63. The van der Waals surface area contributed by atoms with Crippen molar-refractivity contribution in [3.63, 3.8) is 0 Å². The summed E-state index contributed by atoms with van der Waals surface area (Å²) in [5, 5.41) is 0. The summed E-state index contributed by atoms with van der Waals surface area (Å²) in [7, 11) is 1.69. The van der Waals surface area contributed by atoms with Gasteiger partial charge in [-0.05, 0) is 26.8 Å². The third-order valence-electron chi connectivity index (χ3n) is 2.08. The van der Waals surface area contributed by atoms with Gasteiger partial charge in [-0.3, -0.25) is 0 Å². The maximum Gasteiger partial charge on any atom is 1.00 e. The number of rotatable bonds is 6. The van der Waals surface area contributed by atoms with Gasteiger partial charge in [0.15, 0.2) is 0 Å². The molecule has 1 atom stereocenters. The second kappa shape index (κ2) is 8.61. The molecule has 0 aliphatic rings. The molecule has 84 valence electrons. The van der Waals surface area contributed by atoms with Crippen LogP contribution in [-0.4, -0.2) is 43.5 Å². The van der Waals surface area contributed by atoms with E-state index in [1.807, 2.05) is 13.2 Å². The molecule has 0 aromatic heterocycles. The van der Waals surface area contributed by atoms with E-state index < -0.39 is 12.4 Å². The summed E-state index contributed by atoms with van der Waals surface area (Å²) in [5.74, 6) is 0.828. The smallest absolute Gasteiger partial charge is 0.445 e. The summed E-state index contributed by atoms with van der Waals surface area (Å²) in [6, 6.07) is 0.139. The molecule has 15 heavy (non-hydrogen) atoms. The SMILES string of the molecule is C=C(CN(C)C(C)CSC)[B-](F)(F)F.[K+]. The van der Waals surface area contributed by atoms with Crippen LogP contribution in [0.4, 0.5) is 12.9 Å². The molecule has 1 nitrogen and oxygen atoms in total. The third-order valence-corrected chi connectivity index (χ3v) is 2.89. The quantitative estimate of drug-likeness (QED) is 0.602. The van der Waals surface area contributed by atoms with Crippen molar-refractivity contribution in [2.24, 2.45) is 0 Å². The van der Waals surface area contributed by atoms with Crippen molar-refractivity contribution in [3.05, 3.63) is 12.1 Å². The molecule has 0 bridgehead atoms. The Balaban J connectivity index is 0. The average Bonchev–Trinajstić information content (AvgIpc) is 2.02. The van der Waals surface area contributed by atoms with Crippen LogP contribution in [0.5, 0.6) is 0 Å². The van der Waals surface area contributed by atoms with Gasteiger partial charge in [-0.2, -0.15) is 11.8 Å². The second-order valence-electron chi connectivity index (χ2n) is 3.45. The van der Waals surface area contributed by atoms with Crippen LogP contribution in [0, 0.1) is 0 Å². The molecular weight excluding hydrogens is 249 g/mol. The fourth-order valence-corrected chi connectivity index (χ4v) is 1.69. The molecule has 1 unspecified atom stereocenters. The Morgan fingerprint density at radius 3 is 2.27 bits per heavy atom. The maximum absolute atomic E-state index is 12.2. The van der Waals surface area contributed by atoms with Gasteiger partial charge in [0.25, 0.3) is 0 Å². The molecular formula is C8H16BF3KNS. The molecule has 0 N–H and O–H groups in total. The second-order valence-corrected chi connectivity index (χ2v) is 4.36. The first-order chi connectivity index (χ1) is 6.29. The minimum atomic E-state index is -4.88. The fraction of sp³-hybridized carbons (Fsp3) is 0.750. The molecule has 0 amide bonds. The zero-order chi connectivity index (χ0) is 11.4. The van der Waals surface area contributed by atoms with E-state index in [4.69, 9.17) is 0 Å². The number of likely N-dealkylation sites (N-methyl/N-ethyl adjacent to an activating group) is 1. The van der Waals surface area contributed by atoms with Gasteiger partial charge in [-0.15, -0.1) is 12.1 Å². The number of halogens is 3. The van der Waals surface area contributed by atoms with Crippen LogP contribution in [0.1, 0.15) is 6.92 Å².